The van der Waals surface area contributed by atoms with E-state index in [1.165, 1.54) is 11.3 Å². The lowest BCUT2D eigenvalue weighted by Crippen LogP contribution is -1.77. The van der Waals surface area contributed by atoms with Crippen LogP contribution in [0.2, 0.25) is 0 Å². The summed E-state index contributed by atoms with van der Waals surface area (Å²) in [6.45, 7) is 0. The number of fused-ring (bicyclic) bond motifs is 1. The highest BCUT2D eigenvalue weighted by Gasteiger charge is 2.05. The van der Waals surface area contributed by atoms with Crippen LogP contribution in [0.4, 0.5) is 4.39 Å². The zero-order chi connectivity index (χ0) is 11.0. The molecule has 0 bridgehead atoms. The van der Waals surface area contributed by atoms with Crippen LogP contribution in [-0.2, 0) is 0 Å². The summed E-state index contributed by atoms with van der Waals surface area (Å²) in [6, 6.07) is 15.8. The van der Waals surface area contributed by atoms with Crippen molar-refractivity contribution >= 4 is 21.4 Å². The highest BCUT2D eigenvalue weighted by atomic mass is 32.1. The van der Waals surface area contributed by atoms with E-state index < -0.39 is 0 Å². The van der Waals surface area contributed by atoms with E-state index in [4.69, 9.17) is 0 Å². The van der Waals surface area contributed by atoms with Gasteiger partial charge in [0, 0.05) is 10.1 Å². The first-order valence-corrected chi connectivity index (χ1v) is 5.81. The van der Waals surface area contributed by atoms with Gasteiger partial charge in [-0.3, -0.25) is 0 Å². The second kappa shape index (κ2) is 3.72. The van der Waals surface area contributed by atoms with Gasteiger partial charge in [0.2, 0.25) is 0 Å². The van der Waals surface area contributed by atoms with Gasteiger partial charge in [-0.15, -0.1) is 11.3 Å². The normalized spacial score (nSPS) is 10.8. The average molecular weight is 227 g/mol. The summed E-state index contributed by atoms with van der Waals surface area (Å²) in [7, 11) is 0. The molecule has 0 N–H and O–H groups in total. The third-order valence-electron chi connectivity index (χ3n) is 2.57. The van der Waals surface area contributed by atoms with E-state index in [0.717, 1.165) is 15.8 Å². The van der Waals surface area contributed by atoms with Crippen molar-refractivity contribution in [2.75, 3.05) is 0 Å². The molecule has 3 rings (SSSR count). The van der Waals surface area contributed by atoms with Crippen molar-refractivity contribution in [2.24, 2.45) is 0 Å². The molecular weight excluding hydrogens is 219 g/mol. The molecule has 77 valence electrons. The van der Waals surface area contributed by atoms with Gasteiger partial charge in [0.05, 0.1) is 5.38 Å². The maximum Gasteiger partial charge on any atom is 0.150 e. The topological polar surface area (TPSA) is 0 Å². The number of halogens is 1. The summed E-state index contributed by atoms with van der Waals surface area (Å²) in [6.07, 6.45) is 0. The summed E-state index contributed by atoms with van der Waals surface area (Å²) >= 11 is 1.32. The van der Waals surface area contributed by atoms with Gasteiger partial charge < -0.3 is 0 Å². The molecule has 0 spiro atoms. The fraction of sp³-hybridized carbons (Fsp3) is 0. The van der Waals surface area contributed by atoms with Gasteiger partial charge in [-0.05, 0) is 23.3 Å². The van der Waals surface area contributed by atoms with Gasteiger partial charge in [-0.25, -0.2) is 4.39 Å². The first-order chi connectivity index (χ1) is 7.84. The molecule has 16 heavy (non-hydrogen) atoms. The highest BCUT2D eigenvalue weighted by molar-refractivity contribution is 7.16. The largest absolute Gasteiger partial charge is 0.205 e. The molecule has 0 fully saturated rings. The molecule has 0 saturated carbocycles. The Morgan fingerprint density at radius 3 is 2.56 bits per heavy atom. The Labute approximate surface area is 97.0 Å². The van der Waals surface area contributed by atoms with Crippen molar-refractivity contribution in [1.82, 2.24) is 0 Å². The monoisotopic (exact) mass is 227 g/mol. The Bertz CT molecular complexity index is 626. The quantitative estimate of drug-likeness (QED) is 0.574. The third kappa shape index (κ3) is 1.51. The van der Waals surface area contributed by atoms with Crippen LogP contribution in [0, 0.1) is 11.2 Å². The van der Waals surface area contributed by atoms with E-state index in [0.29, 0.717) is 5.39 Å². The molecule has 1 aromatic heterocycles. The lowest BCUT2D eigenvalue weighted by atomic mass is 10.0. The minimum Gasteiger partial charge on any atom is -0.205 e. The van der Waals surface area contributed by atoms with Crippen LogP contribution in [0.3, 0.4) is 0 Å². The van der Waals surface area contributed by atoms with Crippen LogP contribution >= 0.6 is 11.3 Å². The minimum atomic E-state index is -0.252. The molecule has 0 aliphatic rings. The predicted octanol–water partition coefficient (Wildman–Crippen LogP) is 4.51. The number of hydrogen-bond acceptors (Lipinski definition) is 1. The summed E-state index contributed by atoms with van der Waals surface area (Å²) in [5.41, 5.74) is 2.15. The van der Waals surface area contributed by atoms with Crippen molar-refractivity contribution in [3.63, 3.8) is 0 Å². The lowest BCUT2D eigenvalue weighted by molar-refractivity contribution is 0.642. The first-order valence-electron chi connectivity index (χ1n) is 5.00. The molecule has 0 atom stereocenters. The maximum absolute atomic E-state index is 13.4. The fourth-order valence-electron chi connectivity index (χ4n) is 1.76. The average Bonchev–Trinajstić information content (AvgIpc) is 2.72. The molecule has 0 amide bonds. The molecular formula is C14H8FS. The van der Waals surface area contributed by atoms with Crippen LogP contribution in [0.5, 0.6) is 0 Å². The number of hydrogen-bond donors (Lipinski definition) is 0. The van der Waals surface area contributed by atoms with Gasteiger partial charge in [0.15, 0.2) is 5.82 Å². The molecule has 2 aromatic carbocycles. The minimum absolute atomic E-state index is 0.252. The van der Waals surface area contributed by atoms with Crippen molar-refractivity contribution in [1.29, 1.82) is 0 Å². The summed E-state index contributed by atoms with van der Waals surface area (Å²) < 4.78 is 14.3. The zero-order valence-corrected chi connectivity index (χ0v) is 9.22. The Kier molecular flexibility index (Phi) is 2.22. The molecule has 0 unspecified atom stereocenters. The Morgan fingerprint density at radius 2 is 1.75 bits per heavy atom. The van der Waals surface area contributed by atoms with Crippen molar-refractivity contribution in [3.05, 3.63) is 59.7 Å². The van der Waals surface area contributed by atoms with E-state index in [1.54, 1.807) is 0 Å². The van der Waals surface area contributed by atoms with Gasteiger partial charge in [-0.2, -0.15) is 0 Å². The zero-order valence-electron chi connectivity index (χ0n) is 8.41. The number of rotatable bonds is 1. The molecule has 0 aliphatic carbocycles. The molecule has 0 aliphatic heterocycles. The molecule has 1 heterocycles. The van der Waals surface area contributed by atoms with E-state index in [9.17, 15) is 4.39 Å². The highest BCUT2D eigenvalue weighted by Crippen LogP contribution is 2.29. The third-order valence-corrected chi connectivity index (χ3v) is 3.43. The van der Waals surface area contributed by atoms with Gasteiger partial charge in [-0.1, -0.05) is 36.4 Å². The van der Waals surface area contributed by atoms with Gasteiger partial charge in [0.1, 0.15) is 0 Å². The van der Waals surface area contributed by atoms with E-state index in [-0.39, 0.29) is 5.82 Å². The molecule has 2 heteroatoms. The summed E-state index contributed by atoms with van der Waals surface area (Å²) in [5, 5.41) is 3.29. The van der Waals surface area contributed by atoms with Crippen LogP contribution in [0.25, 0.3) is 21.2 Å². The van der Waals surface area contributed by atoms with Crippen LogP contribution in [-0.4, -0.2) is 0 Å². The van der Waals surface area contributed by atoms with E-state index in [2.05, 4.69) is 5.38 Å². The van der Waals surface area contributed by atoms with Crippen LogP contribution in [0.15, 0.2) is 48.5 Å². The lowest BCUT2D eigenvalue weighted by Gasteiger charge is -2.01. The number of benzene rings is 2. The van der Waals surface area contributed by atoms with Crippen molar-refractivity contribution in [2.45, 2.75) is 0 Å². The second-order valence-corrected chi connectivity index (χ2v) is 4.44. The predicted molar refractivity (Wildman–Crippen MR) is 66.1 cm³/mol. The summed E-state index contributed by atoms with van der Waals surface area (Å²) in [5.74, 6) is -0.252. The standard InChI is InChI=1S/C14H8FS/c15-13-9-16-14-7-6-11(8-12(13)14)10-4-2-1-3-5-10/h1-8H. The van der Waals surface area contributed by atoms with Crippen LogP contribution in [0.1, 0.15) is 0 Å². The van der Waals surface area contributed by atoms with Gasteiger partial charge >= 0.3 is 0 Å². The molecule has 1 radical (unpaired) electrons. The van der Waals surface area contributed by atoms with Crippen LogP contribution < -0.4 is 0 Å². The maximum atomic E-state index is 13.4. The molecule has 0 saturated heterocycles. The van der Waals surface area contributed by atoms with Crippen molar-refractivity contribution in [3.8, 4) is 11.1 Å². The van der Waals surface area contributed by atoms with E-state index in [1.807, 2.05) is 48.5 Å². The fourth-order valence-corrected chi connectivity index (χ4v) is 2.46. The smallest absolute Gasteiger partial charge is 0.150 e. The SMILES string of the molecule is Fc1[c]sc2ccc(-c3ccccc3)cc12. The number of thiophene rings is 1. The summed E-state index contributed by atoms with van der Waals surface area (Å²) in [4.78, 5) is 0. The first kappa shape index (κ1) is 9.55. The molecule has 3 aromatic rings. The second-order valence-electron chi connectivity index (χ2n) is 3.60. The Balaban J connectivity index is 2.22. The van der Waals surface area contributed by atoms with Gasteiger partial charge in [0.25, 0.3) is 0 Å². The Morgan fingerprint density at radius 1 is 0.938 bits per heavy atom. The molecule has 0 nitrogen and oxygen atoms in total. The Hall–Kier alpha value is -1.67. The van der Waals surface area contributed by atoms with E-state index >= 15 is 0 Å². The van der Waals surface area contributed by atoms with Crippen molar-refractivity contribution < 1.29 is 4.39 Å².